The van der Waals surface area contributed by atoms with E-state index in [4.69, 9.17) is 0 Å². The molecule has 3 nitrogen and oxygen atoms in total. The van der Waals surface area contributed by atoms with Crippen molar-refractivity contribution in [2.75, 3.05) is 0 Å². The fraction of sp³-hybridized carbons (Fsp3) is 0.333. The number of hydrogen-bond acceptors (Lipinski definition) is 2. The van der Waals surface area contributed by atoms with Crippen molar-refractivity contribution in [2.45, 2.75) is 19.8 Å². The molecule has 2 rings (SSSR count). The summed E-state index contributed by atoms with van der Waals surface area (Å²) in [6, 6.07) is 4.08. The normalized spacial score (nSPS) is 11.4. The number of fused-ring (bicyclic) bond motifs is 1. The Bertz CT molecular complexity index is 433. The third-order valence-electron chi connectivity index (χ3n) is 1.98. The van der Waals surface area contributed by atoms with E-state index in [0.717, 1.165) is 20.4 Å². The summed E-state index contributed by atoms with van der Waals surface area (Å²) in [6.45, 7) is 4.28. The Kier molecular flexibility index (Phi) is 2.23. The van der Waals surface area contributed by atoms with E-state index >= 15 is 0 Å². The van der Waals surface area contributed by atoms with Gasteiger partial charge in [0, 0.05) is 5.69 Å². The number of aromatic nitrogens is 3. The maximum atomic E-state index is 4.53. The first-order chi connectivity index (χ1) is 6.18. The van der Waals surface area contributed by atoms with Gasteiger partial charge in [0.2, 0.25) is 0 Å². The van der Waals surface area contributed by atoms with Gasteiger partial charge < -0.3 is 0 Å². The Balaban J connectivity index is 2.66. The van der Waals surface area contributed by atoms with E-state index in [1.54, 1.807) is 0 Å². The molecule has 0 aliphatic rings. The molecule has 1 N–H and O–H groups in total. The molecule has 4 heteroatoms. The molecule has 0 atom stereocenters. The van der Waals surface area contributed by atoms with Crippen LogP contribution in [0, 0.1) is 3.70 Å². The number of nitrogens with zero attached hydrogens (tertiary/aromatic N) is 2. The van der Waals surface area contributed by atoms with Gasteiger partial charge in [-0.05, 0) is 40.6 Å². The van der Waals surface area contributed by atoms with E-state index in [-0.39, 0.29) is 0 Å². The minimum atomic E-state index is 0.468. The zero-order valence-corrected chi connectivity index (χ0v) is 9.66. The Morgan fingerprint density at radius 1 is 1.38 bits per heavy atom. The molecule has 2 aromatic rings. The zero-order chi connectivity index (χ0) is 9.42. The van der Waals surface area contributed by atoms with E-state index in [2.05, 4.69) is 51.6 Å². The highest BCUT2D eigenvalue weighted by Crippen LogP contribution is 2.19. The SMILES string of the molecule is CC(C)c1ccc2[nH]nc(I)c2n1. The molecular formula is C9H10IN3. The van der Waals surface area contributed by atoms with Crippen LogP contribution in [-0.4, -0.2) is 15.2 Å². The van der Waals surface area contributed by atoms with E-state index in [1.165, 1.54) is 0 Å². The number of pyridine rings is 1. The van der Waals surface area contributed by atoms with Gasteiger partial charge >= 0.3 is 0 Å². The molecule has 13 heavy (non-hydrogen) atoms. The van der Waals surface area contributed by atoms with Crippen molar-refractivity contribution in [1.82, 2.24) is 15.2 Å². The maximum absolute atomic E-state index is 4.53. The number of nitrogens with one attached hydrogen (secondary N) is 1. The van der Waals surface area contributed by atoms with Crippen molar-refractivity contribution < 1.29 is 0 Å². The Hall–Kier alpha value is -0.650. The van der Waals surface area contributed by atoms with Crippen molar-refractivity contribution in [2.24, 2.45) is 0 Å². The van der Waals surface area contributed by atoms with Gasteiger partial charge in [-0.3, -0.25) is 5.10 Å². The van der Waals surface area contributed by atoms with Crippen LogP contribution in [0.1, 0.15) is 25.5 Å². The van der Waals surface area contributed by atoms with E-state index < -0.39 is 0 Å². The zero-order valence-electron chi connectivity index (χ0n) is 7.50. The van der Waals surface area contributed by atoms with Crippen LogP contribution in [0.25, 0.3) is 11.0 Å². The van der Waals surface area contributed by atoms with Crippen molar-refractivity contribution in [3.05, 3.63) is 21.5 Å². The van der Waals surface area contributed by atoms with Crippen LogP contribution in [0.4, 0.5) is 0 Å². The predicted octanol–water partition coefficient (Wildman–Crippen LogP) is 2.69. The minimum Gasteiger partial charge on any atom is -0.275 e. The van der Waals surface area contributed by atoms with Crippen LogP contribution in [0.15, 0.2) is 12.1 Å². The molecule has 0 unspecified atom stereocenters. The molecule has 2 heterocycles. The number of rotatable bonds is 1. The van der Waals surface area contributed by atoms with Gasteiger partial charge in [-0.1, -0.05) is 13.8 Å². The van der Waals surface area contributed by atoms with Crippen LogP contribution in [0.5, 0.6) is 0 Å². The van der Waals surface area contributed by atoms with Crippen molar-refractivity contribution in [3.8, 4) is 0 Å². The average molecular weight is 287 g/mol. The summed E-state index contributed by atoms with van der Waals surface area (Å²) in [5.41, 5.74) is 3.10. The summed E-state index contributed by atoms with van der Waals surface area (Å²) in [4.78, 5) is 4.53. The summed E-state index contributed by atoms with van der Waals surface area (Å²) < 4.78 is 0.940. The number of aromatic amines is 1. The molecule has 0 fully saturated rings. The fourth-order valence-electron chi connectivity index (χ4n) is 1.21. The highest BCUT2D eigenvalue weighted by molar-refractivity contribution is 14.1. The standard InChI is InChI=1S/C9H10IN3/c1-5(2)6-3-4-7-8(11-6)9(10)13-12-7/h3-5H,1-2H3,(H,12,13). The Morgan fingerprint density at radius 3 is 2.85 bits per heavy atom. The van der Waals surface area contributed by atoms with Gasteiger partial charge in [0.25, 0.3) is 0 Å². The van der Waals surface area contributed by atoms with Gasteiger partial charge in [0.15, 0.2) is 0 Å². The first-order valence-electron chi connectivity index (χ1n) is 4.19. The molecule has 0 saturated heterocycles. The van der Waals surface area contributed by atoms with E-state index in [1.807, 2.05) is 12.1 Å². The molecule has 0 aliphatic carbocycles. The van der Waals surface area contributed by atoms with Crippen LogP contribution < -0.4 is 0 Å². The molecule has 0 aromatic carbocycles. The maximum Gasteiger partial charge on any atom is 0.149 e. The molecule has 68 valence electrons. The molecule has 0 amide bonds. The van der Waals surface area contributed by atoms with Crippen LogP contribution in [0.2, 0.25) is 0 Å². The molecule has 0 aliphatic heterocycles. The smallest absolute Gasteiger partial charge is 0.149 e. The number of hydrogen-bond donors (Lipinski definition) is 1. The topological polar surface area (TPSA) is 41.6 Å². The fourth-order valence-corrected chi connectivity index (χ4v) is 1.74. The second-order valence-electron chi connectivity index (χ2n) is 3.30. The average Bonchev–Trinajstić information content (AvgIpc) is 2.47. The third-order valence-corrected chi connectivity index (χ3v) is 2.73. The number of halogens is 1. The monoisotopic (exact) mass is 287 g/mol. The predicted molar refractivity (Wildman–Crippen MR) is 60.7 cm³/mol. The summed E-state index contributed by atoms with van der Waals surface area (Å²) >= 11 is 2.19. The number of H-pyrrole nitrogens is 1. The molecular weight excluding hydrogens is 277 g/mol. The van der Waals surface area contributed by atoms with Crippen LogP contribution >= 0.6 is 22.6 Å². The molecule has 0 spiro atoms. The lowest BCUT2D eigenvalue weighted by molar-refractivity contribution is 0.830. The Labute approximate surface area is 90.1 Å². The highest BCUT2D eigenvalue weighted by Gasteiger charge is 2.06. The molecule has 0 saturated carbocycles. The lowest BCUT2D eigenvalue weighted by Crippen LogP contribution is -1.91. The molecule has 2 aromatic heterocycles. The largest absolute Gasteiger partial charge is 0.275 e. The highest BCUT2D eigenvalue weighted by atomic mass is 127. The minimum absolute atomic E-state index is 0.468. The van der Waals surface area contributed by atoms with E-state index in [9.17, 15) is 0 Å². The van der Waals surface area contributed by atoms with Gasteiger partial charge in [0.05, 0.1) is 5.52 Å². The van der Waals surface area contributed by atoms with Gasteiger partial charge in [-0.15, -0.1) is 0 Å². The summed E-state index contributed by atoms with van der Waals surface area (Å²) in [5, 5.41) is 7.03. The van der Waals surface area contributed by atoms with Crippen molar-refractivity contribution in [3.63, 3.8) is 0 Å². The summed E-state index contributed by atoms with van der Waals surface area (Å²) in [5.74, 6) is 0.468. The van der Waals surface area contributed by atoms with E-state index in [0.29, 0.717) is 5.92 Å². The molecule has 0 radical (unpaired) electrons. The lowest BCUT2D eigenvalue weighted by Gasteiger charge is -2.02. The quantitative estimate of drug-likeness (QED) is 0.819. The van der Waals surface area contributed by atoms with Crippen LogP contribution in [-0.2, 0) is 0 Å². The van der Waals surface area contributed by atoms with Crippen LogP contribution in [0.3, 0.4) is 0 Å². The third kappa shape index (κ3) is 1.54. The first-order valence-corrected chi connectivity index (χ1v) is 5.27. The second-order valence-corrected chi connectivity index (χ2v) is 4.32. The molecule has 0 bridgehead atoms. The summed E-state index contributed by atoms with van der Waals surface area (Å²) in [6.07, 6.45) is 0. The lowest BCUT2D eigenvalue weighted by atomic mass is 10.1. The van der Waals surface area contributed by atoms with Gasteiger partial charge in [-0.2, -0.15) is 5.10 Å². The summed E-state index contributed by atoms with van der Waals surface area (Å²) in [7, 11) is 0. The van der Waals surface area contributed by atoms with Crippen molar-refractivity contribution in [1.29, 1.82) is 0 Å². The van der Waals surface area contributed by atoms with Crippen molar-refractivity contribution >= 4 is 33.6 Å². The first kappa shape index (κ1) is 8.93. The van der Waals surface area contributed by atoms with Gasteiger partial charge in [-0.25, -0.2) is 4.98 Å². The second kappa shape index (κ2) is 3.25. The van der Waals surface area contributed by atoms with Gasteiger partial charge in [0.1, 0.15) is 9.22 Å². The Morgan fingerprint density at radius 2 is 2.15 bits per heavy atom.